The van der Waals surface area contributed by atoms with Gasteiger partial charge >= 0.3 is 0 Å². The molecule has 3 aromatic rings. The Morgan fingerprint density at radius 1 is 1.21 bits per heavy atom. The maximum absolute atomic E-state index is 12.7. The third kappa shape index (κ3) is 4.37. The number of rotatable bonds is 6. The summed E-state index contributed by atoms with van der Waals surface area (Å²) in [7, 11) is 0. The summed E-state index contributed by atoms with van der Waals surface area (Å²) in [4.78, 5) is 30.5. The molecule has 1 saturated heterocycles. The molecule has 2 amide bonds. The van der Waals surface area contributed by atoms with Gasteiger partial charge in [0.15, 0.2) is 0 Å². The summed E-state index contributed by atoms with van der Waals surface area (Å²) >= 11 is 0. The van der Waals surface area contributed by atoms with Crippen molar-refractivity contribution < 1.29 is 9.59 Å². The number of carbonyl (C=O) groups is 2. The average Bonchev–Trinajstić information content (AvgIpc) is 3.41. The second kappa shape index (κ2) is 8.31. The summed E-state index contributed by atoms with van der Waals surface area (Å²) in [6.07, 6.45) is 6.92. The fourth-order valence-corrected chi connectivity index (χ4v) is 3.61. The zero-order chi connectivity index (χ0) is 20.2. The van der Waals surface area contributed by atoms with E-state index in [9.17, 15) is 9.59 Å². The molecule has 2 aromatic carbocycles. The Morgan fingerprint density at radius 2 is 2.03 bits per heavy atom. The van der Waals surface area contributed by atoms with Crippen molar-refractivity contribution in [1.82, 2.24) is 19.8 Å². The predicted octanol–water partition coefficient (Wildman–Crippen LogP) is 3.49. The van der Waals surface area contributed by atoms with E-state index in [4.69, 9.17) is 0 Å². The zero-order valence-electron chi connectivity index (χ0n) is 16.4. The van der Waals surface area contributed by atoms with Gasteiger partial charge in [0, 0.05) is 43.2 Å². The van der Waals surface area contributed by atoms with Crippen LogP contribution < -0.4 is 5.32 Å². The lowest BCUT2D eigenvalue weighted by molar-refractivity contribution is -0.128. The maximum atomic E-state index is 12.7. The van der Waals surface area contributed by atoms with Gasteiger partial charge in [0.1, 0.15) is 0 Å². The number of hydrogen-bond donors (Lipinski definition) is 1. The molecule has 0 bridgehead atoms. The highest BCUT2D eigenvalue weighted by atomic mass is 16.2. The summed E-state index contributed by atoms with van der Waals surface area (Å²) in [5.74, 6) is 0.0680. The van der Waals surface area contributed by atoms with Crippen molar-refractivity contribution in [3.8, 4) is 5.69 Å². The van der Waals surface area contributed by atoms with Gasteiger partial charge in [0.05, 0.1) is 12.4 Å². The van der Waals surface area contributed by atoms with Crippen LogP contribution in [0.4, 0.5) is 0 Å². The number of imidazole rings is 1. The first-order valence-corrected chi connectivity index (χ1v) is 9.86. The molecule has 148 valence electrons. The first-order valence-electron chi connectivity index (χ1n) is 9.86. The van der Waals surface area contributed by atoms with Crippen LogP contribution in [0.2, 0.25) is 0 Å². The van der Waals surface area contributed by atoms with Crippen molar-refractivity contribution in [2.75, 3.05) is 6.54 Å². The van der Waals surface area contributed by atoms with E-state index in [2.05, 4.69) is 10.3 Å². The summed E-state index contributed by atoms with van der Waals surface area (Å²) in [6, 6.07) is 15.4. The van der Waals surface area contributed by atoms with E-state index in [-0.39, 0.29) is 17.9 Å². The Balaban J connectivity index is 1.40. The van der Waals surface area contributed by atoms with Crippen LogP contribution in [-0.4, -0.2) is 32.8 Å². The molecule has 0 aliphatic carbocycles. The number of carbonyl (C=O) groups excluding carboxylic acids is 2. The van der Waals surface area contributed by atoms with E-state index >= 15 is 0 Å². The molecule has 6 nitrogen and oxygen atoms in total. The van der Waals surface area contributed by atoms with E-state index < -0.39 is 0 Å². The minimum atomic E-state index is -0.122. The normalized spacial score (nSPS) is 14.8. The van der Waals surface area contributed by atoms with Crippen LogP contribution in [0.3, 0.4) is 0 Å². The van der Waals surface area contributed by atoms with Crippen molar-refractivity contribution >= 4 is 11.8 Å². The molecule has 1 atom stereocenters. The Bertz CT molecular complexity index is 996. The molecule has 2 heterocycles. The smallest absolute Gasteiger partial charge is 0.251 e. The highest BCUT2D eigenvalue weighted by molar-refractivity contribution is 5.94. The van der Waals surface area contributed by atoms with Gasteiger partial charge in [-0.1, -0.05) is 24.3 Å². The largest absolute Gasteiger partial charge is 0.346 e. The Labute approximate surface area is 170 Å². The molecule has 0 spiro atoms. The minimum Gasteiger partial charge on any atom is -0.346 e. The molecule has 0 unspecified atom stereocenters. The van der Waals surface area contributed by atoms with E-state index in [0.29, 0.717) is 18.5 Å². The molecule has 1 aliphatic rings. The van der Waals surface area contributed by atoms with Gasteiger partial charge in [0.2, 0.25) is 5.91 Å². The predicted molar refractivity (Wildman–Crippen MR) is 111 cm³/mol. The van der Waals surface area contributed by atoms with Crippen LogP contribution in [0.1, 0.15) is 47.3 Å². The summed E-state index contributed by atoms with van der Waals surface area (Å²) in [6.45, 7) is 3.32. The lowest BCUT2D eigenvalue weighted by Gasteiger charge is -2.17. The van der Waals surface area contributed by atoms with Crippen LogP contribution in [0.25, 0.3) is 5.69 Å². The number of aromatic nitrogens is 2. The minimum absolute atomic E-state index is 0.120. The van der Waals surface area contributed by atoms with Crippen molar-refractivity contribution in [2.45, 2.75) is 32.4 Å². The van der Waals surface area contributed by atoms with Gasteiger partial charge in [-0.25, -0.2) is 4.98 Å². The van der Waals surface area contributed by atoms with Crippen molar-refractivity contribution in [3.63, 3.8) is 0 Å². The fraction of sp³-hybridized carbons (Fsp3) is 0.261. The quantitative estimate of drug-likeness (QED) is 0.703. The first-order chi connectivity index (χ1) is 14.1. The van der Waals surface area contributed by atoms with Crippen LogP contribution in [0.5, 0.6) is 0 Å². The molecule has 6 heteroatoms. The monoisotopic (exact) mass is 388 g/mol. The second-order valence-electron chi connectivity index (χ2n) is 7.38. The number of likely N-dealkylation sites (tertiary alicyclic amines) is 1. The van der Waals surface area contributed by atoms with Crippen molar-refractivity contribution in [1.29, 1.82) is 0 Å². The van der Waals surface area contributed by atoms with Gasteiger partial charge in [-0.15, -0.1) is 0 Å². The molecular weight excluding hydrogens is 364 g/mol. The second-order valence-corrected chi connectivity index (χ2v) is 7.38. The van der Waals surface area contributed by atoms with Crippen molar-refractivity contribution in [3.05, 3.63) is 83.9 Å². The molecule has 1 N–H and O–H groups in total. The number of benzene rings is 2. The van der Waals surface area contributed by atoms with Gasteiger partial charge in [-0.2, -0.15) is 0 Å². The zero-order valence-corrected chi connectivity index (χ0v) is 16.4. The van der Waals surface area contributed by atoms with Gasteiger partial charge in [-0.3, -0.25) is 9.59 Å². The number of nitrogens with zero attached hydrogens (tertiary/aromatic N) is 3. The molecule has 0 radical (unpaired) electrons. The summed E-state index contributed by atoms with van der Waals surface area (Å²) in [5.41, 5.74) is 3.64. The Hall–Kier alpha value is -3.41. The SMILES string of the molecule is C[C@@H](NC(=O)c1cccc(CN2CCCC2=O)c1)c1ccc(-n2ccnc2)cc1. The molecule has 0 saturated carbocycles. The van der Waals surface area contributed by atoms with Gasteiger partial charge in [-0.05, 0) is 48.7 Å². The fourth-order valence-electron chi connectivity index (χ4n) is 3.61. The van der Waals surface area contributed by atoms with Crippen LogP contribution in [0, 0.1) is 0 Å². The molecule has 1 aromatic heterocycles. The third-order valence-electron chi connectivity index (χ3n) is 5.28. The van der Waals surface area contributed by atoms with Gasteiger partial charge in [0.25, 0.3) is 5.91 Å². The topological polar surface area (TPSA) is 67.2 Å². The number of nitrogens with one attached hydrogen (secondary N) is 1. The van der Waals surface area contributed by atoms with Crippen LogP contribution in [-0.2, 0) is 11.3 Å². The van der Waals surface area contributed by atoms with E-state index in [1.165, 1.54) is 0 Å². The third-order valence-corrected chi connectivity index (χ3v) is 5.28. The number of amides is 2. The molecule has 4 rings (SSSR count). The number of hydrogen-bond acceptors (Lipinski definition) is 3. The lowest BCUT2D eigenvalue weighted by Crippen LogP contribution is -2.27. The van der Waals surface area contributed by atoms with Gasteiger partial charge < -0.3 is 14.8 Å². The summed E-state index contributed by atoms with van der Waals surface area (Å²) < 4.78 is 1.93. The molecular formula is C23H24N4O2. The van der Waals surface area contributed by atoms with Crippen molar-refractivity contribution in [2.24, 2.45) is 0 Å². The molecule has 29 heavy (non-hydrogen) atoms. The highest BCUT2D eigenvalue weighted by Crippen LogP contribution is 2.18. The van der Waals surface area contributed by atoms with E-state index in [1.807, 2.05) is 65.1 Å². The first kappa shape index (κ1) is 18.9. The van der Waals surface area contributed by atoms with Crippen LogP contribution >= 0.6 is 0 Å². The van der Waals surface area contributed by atoms with E-state index in [1.54, 1.807) is 18.6 Å². The lowest BCUT2D eigenvalue weighted by atomic mass is 10.1. The maximum Gasteiger partial charge on any atom is 0.251 e. The van der Waals surface area contributed by atoms with Crippen LogP contribution in [0.15, 0.2) is 67.3 Å². The average molecular weight is 388 g/mol. The highest BCUT2D eigenvalue weighted by Gasteiger charge is 2.20. The standard InChI is InChI=1S/C23H24N4O2/c1-17(19-7-9-21(10-8-19)27-13-11-24-16-27)25-23(29)20-5-2-4-18(14-20)15-26-12-3-6-22(26)28/h2,4-5,7-11,13-14,16-17H,3,6,12,15H2,1H3,(H,25,29)/t17-/m1/s1. The molecule has 1 aliphatic heterocycles. The molecule has 1 fully saturated rings. The van der Waals surface area contributed by atoms with E-state index in [0.717, 1.165) is 29.8 Å². The Morgan fingerprint density at radius 3 is 2.72 bits per heavy atom. The Kier molecular flexibility index (Phi) is 5.42. The summed E-state index contributed by atoms with van der Waals surface area (Å²) in [5, 5.41) is 3.06.